The number of hydrogen-bond donors (Lipinski definition) is 0. The van der Waals surface area contributed by atoms with E-state index in [4.69, 9.17) is 32.7 Å². The second-order valence-electron chi connectivity index (χ2n) is 13.7. The Morgan fingerprint density at radius 3 is 1.31 bits per heavy atom. The van der Waals surface area contributed by atoms with Gasteiger partial charge in [0.25, 0.3) is 11.8 Å². The number of carbonyl (C=O) groups excluding carboxylic acids is 4. The molecule has 55 heavy (non-hydrogen) atoms. The topological polar surface area (TPSA) is 103 Å². The molecule has 2 amide bonds. The van der Waals surface area contributed by atoms with Gasteiger partial charge in [0.15, 0.2) is 0 Å². The lowest BCUT2D eigenvalue weighted by molar-refractivity contribution is -0.132. The lowest BCUT2D eigenvalue weighted by Gasteiger charge is -2.22. The van der Waals surface area contributed by atoms with Crippen LogP contribution in [0.5, 0.6) is 11.5 Å². The minimum absolute atomic E-state index is 0.0759. The smallest absolute Gasteiger partial charge is 0.262 e. The van der Waals surface area contributed by atoms with Crippen molar-refractivity contribution in [3.05, 3.63) is 129 Å². The highest BCUT2D eigenvalue weighted by molar-refractivity contribution is 6.31. The molecular formula is C43H40Cl2N4O6. The van der Waals surface area contributed by atoms with Gasteiger partial charge in [-0.3, -0.25) is 28.3 Å². The van der Waals surface area contributed by atoms with Gasteiger partial charge in [-0.2, -0.15) is 0 Å². The molecule has 0 spiro atoms. The number of hydrogen-bond acceptors (Lipinski definition) is 6. The summed E-state index contributed by atoms with van der Waals surface area (Å²) in [5.74, 6) is 0.603. The molecule has 3 heterocycles. The fourth-order valence-corrected chi connectivity index (χ4v) is 7.79. The molecule has 282 valence electrons. The molecule has 0 N–H and O–H groups in total. The van der Waals surface area contributed by atoms with Crippen LogP contribution in [0.25, 0.3) is 21.8 Å². The zero-order chi connectivity index (χ0) is 39.0. The van der Waals surface area contributed by atoms with E-state index in [0.29, 0.717) is 87.7 Å². The van der Waals surface area contributed by atoms with Gasteiger partial charge in [-0.25, -0.2) is 0 Å². The van der Waals surface area contributed by atoms with E-state index in [1.54, 1.807) is 93.8 Å². The lowest BCUT2D eigenvalue weighted by Crippen LogP contribution is -2.38. The lowest BCUT2D eigenvalue weighted by atomic mass is 10.1. The predicted octanol–water partition coefficient (Wildman–Crippen LogP) is 7.76. The first-order valence-corrected chi connectivity index (χ1v) is 18.8. The van der Waals surface area contributed by atoms with Crippen molar-refractivity contribution in [1.29, 1.82) is 0 Å². The summed E-state index contributed by atoms with van der Waals surface area (Å²) in [6.07, 6.45) is 0.754. The van der Waals surface area contributed by atoms with Gasteiger partial charge in [-0.1, -0.05) is 23.2 Å². The van der Waals surface area contributed by atoms with Crippen molar-refractivity contribution in [2.75, 3.05) is 40.4 Å². The van der Waals surface area contributed by atoms with E-state index in [9.17, 15) is 19.2 Å². The SMILES string of the molecule is COc1ccc2c(c1)c(CC(=O)N1CCCN(C(=O)Cc3c(C)n(C(=O)c4ccc(Cl)cc4)c4ccc(OC)cc34)CC1)c(C)n2C(=O)c1ccc(Cl)cc1. The Morgan fingerprint density at radius 1 is 0.564 bits per heavy atom. The summed E-state index contributed by atoms with van der Waals surface area (Å²) in [5, 5.41) is 2.59. The zero-order valence-electron chi connectivity index (χ0n) is 31.0. The second-order valence-corrected chi connectivity index (χ2v) is 14.5. The minimum atomic E-state index is -0.224. The van der Waals surface area contributed by atoms with Crippen molar-refractivity contribution < 1.29 is 28.7 Å². The number of benzene rings is 4. The summed E-state index contributed by atoms with van der Waals surface area (Å²) in [6, 6.07) is 24.4. The first-order chi connectivity index (χ1) is 26.5. The van der Waals surface area contributed by atoms with Crippen LogP contribution in [-0.4, -0.2) is 83.0 Å². The quantitative estimate of drug-likeness (QED) is 0.157. The van der Waals surface area contributed by atoms with E-state index in [0.717, 1.165) is 21.9 Å². The molecule has 1 saturated heterocycles. The highest BCUT2D eigenvalue weighted by Crippen LogP contribution is 2.33. The number of nitrogens with zero attached hydrogens (tertiary/aromatic N) is 4. The summed E-state index contributed by atoms with van der Waals surface area (Å²) in [5.41, 5.74) is 5.14. The molecule has 0 unspecified atom stereocenters. The number of halogens is 2. The number of fused-ring (bicyclic) bond motifs is 2. The summed E-state index contributed by atoms with van der Waals surface area (Å²) in [7, 11) is 3.16. The number of carbonyl (C=O) groups is 4. The highest BCUT2D eigenvalue weighted by atomic mass is 35.5. The Hall–Kier alpha value is -5.58. The second kappa shape index (κ2) is 15.6. The number of amides is 2. The van der Waals surface area contributed by atoms with Gasteiger partial charge in [0.05, 0.1) is 38.1 Å². The molecule has 0 saturated carbocycles. The third-order valence-electron chi connectivity index (χ3n) is 10.5. The fraction of sp³-hybridized carbons (Fsp3) is 0.256. The van der Waals surface area contributed by atoms with Crippen molar-refractivity contribution >= 4 is 68.6 Å². The van der Waals surface area contributed by atoms with E-state index < -0.39 is 0 Å². The first-order valence-electron chi connectivity index (χ1n) is 18.0. The Bertz CT molecular complexity index is 2300. The van der Waals surface area contributed by atoms with Gasteiger partial charge in [0.2, 0.25) is 11.8 Å². The Kier molecular flexibility index (Phi) is 10.7. The van der Waals surface area contributed by atoms with Crippen LogP contribution in [0.15, 0.2) is 84.9 Å². The van der Waals surface area contributed by atoms with E-state index in [2.05, 4.69) is 0 Å². The molecule has 0 aliphatic carbocycles. The van der Waals surface area contributed by atoms with E-state index in [1.807, 2.05) is 38.1 Å². The largest absolute Gasteiger partial charge is 0.497 e. The zero-order valence-corrected chi connectivity index (χ0v) is 32.5. The Labute approximate surface area is 328 Å². The average molecular weight is 780 g/mol. The van der Waals surface area contributed by atoms with Crippen LogP contribution >= 0.6 is 23.2 Å². The number of aromatic nitrogens is 2. The minimum Gasteiger partial charge on any atom is -0.497 e. The van der Waals surface area contributed by atoms with Crippen LogP contribution in [0.1, 0.15) is 49.7 Å². The van der Waals surface area contributed by atoms with E-state index in [1.165, 1.54) is 0 Å². The molecule has 1 fully saturated rings. The molecule has 10 nitrogen and oxygen atoms in total. The summed E-state index contributed by atoms with van der Waals surface area (Å²) < 4.78 is 14.3. The third kappa shape index (κ3) is 7.32. The predicted molar refractivity (Wildman–Crippen MR) is 214 cm³/mol. The summed E-state index contributed by atoms with van der Waals surface area (Å²) in [6.45, 7) is 5.39. The van der Waals surface area contributed by atoms with Crippen molar-refractivity contribution in [3.8, 4) is 11.5 Å². The summed E-state index contributed by atoms with van der Waals surface area (Å²) >= 11 is 12.2. The van der Waals surface area contributed by atoms with Gasteiger partial charge in [-0.05, 0) is 116 Å². The molecule has 0 bridgehead atoms. The Balaban J connectivity index is 1.10. The molecule has 2 aromatic heterocycles. The van der Waals surface area contributed by atoms with Crippen LogP contribution in [0, 0.1) is 13.8 Å². The maximum atomic E-state index is 14.0. The third-order valence-corrected chi connectivity index (χ3v) is 11.0. The first kappa shape index (κ1) is 37.7. The molecule has 4 aromatic carbocycles. The van der Waals surface area contributed by atoms with Crippen LogP contribution in [-0.2, 0) is 22.4 Å². The average Bonchev–Trinajstić information content (AvgIpc) is 3.45. The summed E-state index contributed by atoms with van der Waals surface area (Å²) in [4.78, 5) is 59.2. The molecule has 7 rings (SSSR count). The van der Waals surface area contributed by atoms with Crippen LogP contribution in [0.4, 0.5) is 0 Å². The molecule has 6 aromatic rings. The van der Waals surface area contributed by atoms with Gasteiger partial charge in [0, 0.05) is 69.5 Å². The Morgan fingerprint density at radius 2 is 0.945 bits per heavy atom. The van der Waals surface area contributed by atoms with Gasteiger partial charge >= 0.3 is 0 Å². The fourth-order valence-electron chi connectivity index (χ4n) is 7.53. The number of rotatable bonds is 8. The molecular weight excluding hydrogens is 739 g/mol. The standard InChI is InChI=1S/C43H40Cl2N4O6/c1-26-34(36-22-32(54-3)14-16-38(36)48(26)42(52)28-6-10-30(44)11-7-28)24-40(50)46-18-5-19-47(21-20-46)41(51)25-35-27(2)49(39-17-15-33(55-4)23-37(35)39)43(53)29-8-12-31(45)13-9-29/h6-17,22-23H,5,18-21,24-25H2,1-4H3. The maximum absolute atomic E-state index is 14.0. The molecule has 0 radical (unpaired) electrons. The van der Waals surface area contributed by atoms with Crippen molar-refractivity contribution in [1.82, 2.24) is 18.9 Å². The van der Waals surface area contributed by atoms with Crippen LogP contribution < -0.4 is 9.47 Å². The molecule has 0 atom stereocenters. The van der Waals surface area contributed by atoms with Crippen molar-refractivity contribution in [3.63, 3.8) is 0 Å². The normalized spacial score (nSPS) is 13.3. The maximum Gasteiger partial charge on any atom is 0.262 e. The van der Waals surface area contributed by atoms with Crippen molar-refractivity contribution in [2.45, 2.75) is 33.1 Å². The van der Waals surface area contributed by atoms with Crippen LogP contribution in [0.3, 0.4) is 0 Å². The number of methoxy groups -OCH3 is 2. The molecule has 12 heteroatoms. The van der Waals surface area contributed by atoms with Crippen LogP contribution in [0.2, 0.25) is 10.0 Å². The molecule has 1 aliphatic heterocycles. The van der Waals surface area contributed by atoms with Gasteiger partial charge < -0.3 is 19.3 Å². The van der Waals surface area contributed by atoms with Crippen molar-refractivity contribution in [2.24, 2.45) is 0 Å². The number of ether oxygens (including phenoxy) is 2. The van der Waals surface area contributed by atoms with E-state index in [-0.39, 0.29) is 36.5 Å². The highest BCUT2D eigenvalue weighted by Gasteiger charge is 2.28. The van der Waals surface area contributed by atoms with Gasteiger partial charge in [-0.15, -0.1) is 0 Å². The monoisotopic (exact) mass is 778 g/mol. The molecule has 1 aliphatic rings. The van der Waals surface area contributed by atoms with E-state index >= 15 is 0 Å². The van der Waals surface area contributed by atoms with Gasteiger partial charge in [0.1, 0.15) is 11.5 Å².